The van der Waals surface area contributed by atoms with E-state index < -0.39 is 0 Å². The second kappa shape index (κ2) is 4.19. The van der Waals surface area contributed by atoms with Crippen LogP contribution < -0.4 is 4.90 Å². The van der Waals surface area contributed by atoms with E-state index in [-0.39, 0.29) is 0 Å². The van der Waals surface area contributed by atoms with Crippen molar-refractivity contribution in [3.05, 3.63) is 24.4 Å². The van der Waals surface area contributed by atoms with Crippen LogP contribution in [0, 0.1) is 0 Å². The SMILES string of the molecule is C[C@@H]1CN(c2ccccn2)C[C@H](C)N1C. The molecule has 0 amide bonds. The van der Waals surface area contributed by atoms with E-state index in [0.717, 1.165) is 18.9 Å². The Morgan fingerprint density at radius 1 is 1.20 bits per heavy atom. The molecule has 82 valence electrons. The first-order chi connectivity index (χ1) is 7.18. The fourth-order valence-corrected chi connectivity index (χ4v) is 2.13. The molecule has 0 saturated carbocycles. The first-order valence-corrected chi connectivity index (χ1v) is 5.56. The number of nitrogens with zero attached hydrogens (tertiary/aromatic N) is 3. The molecule has 2 heterocycles. The Morgan fingerprint density at radius 3 is 2.40 bits per heavy atom. The highest BCUT2D eigenvalue weighted by Crippen LogP contribution is 2.18. The minimum Gasteiger partial charge on any atom is -0.354 e. The van der Waals surface area contributed by atoms with Crippen LogP contribution in [0.15, 0.2) is 24.4 Å². The van der Waals surface area contributed by atoms with E-state index in [0.29, 0.717) is 12.1 Å². The summed E-state index contributed by atoms with van der Waals surface area (Å²) in [6.45, 7) is 6.67. The van der Waals surface area contributed by atoms with Crippen LogP contribution in [-0.2, 0) is 0 Å². The zero-order valence-electron chi connectivity index (χ0n) is 9.72. The number of rotatable bonds is 1. The van der Waals surface area contributed by atoms with Crippen molar-refractivity contribution in [1.29, 1.82) is 0 Å². The average molecular weight is 205 g/mol. The second-order valence-corrected chi connectivity index (χ2v) is 4.46. The van der Waals surface area contributed by atoms with Gasteiger partial charge in [0.2, 0.25) is 0 Å². The van der Waals surface area contributed by atoms with E-state index in [2.05, 4.69) is 47.8 Å². The van der Waals surface area contributed by atoms with Crippen molar-refractivity contribution in [3.8, 4) is 0 Å². The third kappa shape index (κ3) is 2.12. The maximum atomic E-state index is 4.40. The number of anilines is 1. The third-order valence-corrected chi connectivity index (χ3v) is 3.33. The average Bonchev–Trinajstić information content (AvgIpc) is 2.26. The first kappa shape index (κ1) is 10.4. The van der Waals surface area contributed by atoms with Gasteiger partial charge in [-0.1, -0.05) is 6.07 Å². The van der Waals surface area contributed by atoms with Gasteiger partial charge in [-0.05, 0) is 33.0 Å². The van der Waals surface area contributed by atoms with Crippen LogP contribution in [0.25, 0.3) is 0 Å². The molecule has 0 aliphatic carbocycles. The summed E-state index contributed by atoms with van der Waals surface area (Å²) in [7, 11) is 2.20. The van der Waals surface area contributed by atoms with Gasteiger partial charge in [-0.2, -0.15) is 0 Å². The summed E-state index contributed by atoms with van der Waals surface area (Å²) in [5, 5.41) is 0. The Kier molecular flexibility index (Phi) is 2.91. The van der Waals surface area contributed by atoms with E-state index in [1.807, 2.05) is 12.3 Å². The molecular formula is C12H19N3. The molecule has 0 unspecified atom stereocenters. The van der Waals surface area contributed by atoms with E-state index in [1.165, 1.54) is 0 Å². The number of piperazine rings is 1. The Balaban J connectivity index is 2.13. The lowest BCUT2D eigenvalue weighted by molar-refractivity contribution is 0.169. The molecule has 1 aliphatic rings. The van der Waals surface area contributed by atoms with Crippen molar-refractivity contribution in [2.24, 2.45) is 0 Å². The molecule has 2 rings (SSSR count). The van der Waals surface area contributed by atoms with E-state index in [4.69, 9.17) is 0 Å². The molecule has 3 nitrogen and oxygen atoms in total. The van der Waals surface area contributed by atoms with Gasteiger partial charge in [0.25, 0.3) is 0 Å². The normalized spacial score (nSPS) is 28.1. The molecule has 0 N–H and O–H groups in total. The molecule has 0 aromatic carbocycles. The molecule has 2 atom stereocenters. The number of hydrogen-bond donors (Lipinski definition) is 0. The van der Waals surface area contributed by atoms with Crippen LogP contribution in [0.4, 0.5) is 5.82 Å². The van der Waals surface area contributed by atoms with Gasteiger partial charge >= 0.3 is 0 Å². The summed E-state index contributed by atoms with van der Waals surface area (Å²) >= 11 is 0. The molecule has 15 heavy (non-hydrogen) atoms. The van der Waals surface area contributed by atoms with E-state index in [9.17, 15) is 0 Å². The maximum Gasteiger partial charge on any atom is 0.128 e. The predicted octanol–water partition coefficient (Wildman–Crippen LogP) is 1.61. The highest BCUT2D eigenvalue weighted by atomic mass is 15.3. The summed E-state index contributed by atoms with van der Waals surface area (Å²) in [6, 6.07) is 7.29. The number of aromatic nitrogens is 1. The van der Waals surface area contributed by atoms with Crippen molar-refractivity contribution in [1.82, 2.24) is 9.88 Å². The van der Waals surface area contributed by atoms with Crippen LogP contribution in [0.3, 0.4) is 0 Å². The van der Waals surface area contributed by atoms with Crippen LogP contribution in [0.2, 0.25) is 0 Å². The molecule has 0 radical (unpaired) electrons. The van der Waals surface area contributed by atoms with Crippen LogP contribution >= 0.6 is 0 Å². The molecule has 0 spiro atoms. The lowest BCUT2D eigenvalue weighted by Crippen LogP contribution is -2.55. The maximum absolute atomic E-state index is 4.40. The van der Waals surface area contributed by atoms with Gasteiger partial charge in [0.1, 0.15) is 5.82 Å². The Hall–Kier alpha value is -1.09. The second-order valence-electron chi connectivity index (χ2n) is 4.46. The fraction of sp³-hybridized carbons (Fsp3) is 0.583. The van der Waals surface area contributed by atoms with Crippen molar-refractivity contribution in [3.63, 3.8) is 0 Å². The Morgan fingerprint density at radius 2 is 1.87 bits per heavy atom. The standard InChI is InChI=1S/C12H19N3/c1-10-8-15(9-11(2)14(10)3)12-6-4-5-7-13-12/h4-7,10-11H,8-9H2,1-3H3/t10-,11+. The van der Waals surface area contributed by atoms with Crippen LogP contribution in [0.5, 0.6) is 0 Å². The highest BCUT2D eigenvalue weighted by Gasteiger charge is 2.26. The zero-order valence-corrected chi connectivity index (χ0v) is 9.72. The molecule has 1 saturated heterocycles. The van der Waals surface area contributed by atoms with E-state index >= 15 is 0 Å². The monoisotopic (exact) mass is 205 g/mol. The van der Waals surface area contributed by atoms with Gasteiger partial charge in [-0.25, -0.2) is 4.98 Å². The molecular weight excluding hydrogens is 186 g/mol. The van der Waals surface area contributed by atoms with Crippen molar-refractivity contribution in [2.45, 2.75) is 25.9 Å². The summed E-state index contributed by atoms with van der Waals surface area (Å²) in [5.41, 5.74) is 0. The molecule has 0 bridgehead atoms. The number of hydrogen-bond acceptors (Lipinski definition) is 3. The topological polar surface area (TPSA) is 19.4 Å². The van der Waals surface area contributed by atoms with Gasteiger partial charge in [0.05, 0.1) is 0 Å². The summed E-state index contributed by atoms with van der Waals surface area (Å²) in [4.78, 5) is 9.20. The molecule has 1 aromatic heterocycles. The summed E-state index contributed by atoms with van der Waals surface area (Å²) < 4.78 is 0. The fourth-order valence-electron chi connectivity index (χ4n) is 2.13. The van der Waals surface area contributed by atoms with Crippen molar-refractivity contribution < 1.29 is 0 Å². The molecule has 3 heteroatoms. The van der Waals surface area contributed by atoms with Gasteiger partial charge < -0.3 is 4.90 Å². The highest BCUT2D eigenvalue weighted by molar-refractivity contribution is 5.38. The predicted molar refractivity (Wildman–Crippen MR) is 63.1 cm³/mol. The minimum absolute atomic E-state index is 0.593. The van der Waals surface area contributed by atoms with E-state index in [1.54, 1.807) is 0 Å². The lowest BCUT2D eigenvalue weighted by atomic mass is 10.1. The number of likely N-dealkylation sites (N-methyl/N-ethyl adjacent to an activating group) is 1. The van der Waals surface area contributed by atoms with Crippen LogP contribution in [-0.4, -0.2) is 42.1 Å². The van der Waals surface area contributed by atoms with Crippen LogP contribution in [0.1, 0.15) is 13.8 Å². The summed E-state index contributed by atoms with van der Waals surface area (Å²) in [5.74, 6) is 1.10. The minimum atomic E-state index is 0.593. The Bertz CT molecular complexity index is 300. The quantitative estimate of drug-likeness (QED) is 0.694. The summed E-state index contributed by atoms with van der Waals surface area (Å²) in [6.07, 6.45) is 1.86. The van der Waals surface area contributed by atoms with Gasteiger partial charge in [0, 0.05) is 31.4 Å². The Labute approximate surface area is 91.7 Å². The smallest absolute Gasteiger partial charge is 0.128 e. The largest absolute Gasteiger partial charge is 0.354 e. The number of pyridine rings is 1. The van der Waals surface area contributed by atoms with Gasteiger partial charge in [-0.3, -0.25) is 4.90 Å². The molecule has 1 aliphatic heterocycles. The van der Waals surface area contributed by atoms with Gasteiger partial charge in [0.15, 0.2) is 0 Å². The van der Waals surface area contributed by atoms with Crippen molar-refractivity contribution in [2.75, 3.05) is 25.0 Å². The zero-order chi connectivity index (χ0) is 10.8. The molecule has 1 aromatic rings. The van der Waals surface area contributed by atoms with Crippen molar-refractivity contribution >= 4 is 5.82 Å². The first-order valence-electron chi connectivity index (χ1n) is 5.56. The third-order valence-electron chi connectivity index (χ3n) is 3.33. The lowest BCUT2D eigenvalue weighted by Gasteiger charge is -2.42. The molecule has 1 fully saturated rings. The van der Waals surface area contributed by atoms with Gasteiger partial charge in [-0.15, -0.1) is 0 Å².